The van der Waals surface area contributed by atoms with Crippen LogP contribution in [-0.4, -0.2) is 61.7 Å². The van der Waals surface area contributed by atoms with Gasteiger partial charge in [-0.05, 0) is 50.6 Å². The van der Waals surface area contributed by atoms with Crippen LogP contribution < -0.4 is 0 Å². The highest BCUT2D eigenvalue weighted by atomic mass is 32.2. The number of nitrogens with zero attached hydrogens (tertiary/aromatic N) is 1. The molecule has 0 radical (unpaired) electrons. The Morgan fingerprint density at radius 1 is 1.19 bits per heavy atom. The number of hydrogen-bond donors (Lipinski definition) is 1. The smallest absolute Gasteiger partial charge is 0.355 e. The molecule has 0 saturated carbocycles. The molecule has 1 aliphatic rings. The van der Waals surface area contributed by atoms with Crippen molar-refractivity contribution in [3.05, 3.63) is 40.0 Å². The van der Waals surface area contributed by atoms with E-state index in [0.717, 1.165) is 11.3 Å². The van der Waals surface area contributed by atoms with Crippen LogP contribution in [0.2, 0.25) is 0 Å². The fourth-order valence-corrected chi connectivity index (χ4v) is 6.39. The number of ketones is 1. The number of carbonyl (C=O) groups is 3. The van der Waals surface area contributed by atoms with Gasteiger partial charge in [0.15, 0.2) is 6.61 Å². The third kappa shape index (κ3) is 4.94. The molecule has 0 atom stereocenters. The maximum atomic E-state index is 12.6. The Hall–Kier alpha value is -2.50. The van der Waals surface area contributed by atoms with E-state index in [0.29, 0.717) is 29.7 Å². The van der Waals surface area contributed by atoms with E-state index in [1.54, 1.807) is 38.3 Å². The van der Waals surface area contributed by atoms with Gasteiger partial charge in [-0.3, -0.25) is 9.59 Å². The quantitative estimate of drug-likeness (QED) is 0.453. The second-order valence-corrected chi connectivity index (χ2v) is 10.6. The zero-order chi connectivity index (χ0) is 23.5. The van der Waals surface area contributed by atoms with Gasteiger partial charge in [0.1, 0.15) is 9.90 Å². The molecule has 0 spiro atoms. The van der Waals surface area contributed by atoms with E-state index < -0.39 is 40.3 Å². The second kappa shape index (κ2) is 9.97. The van der Waals surface area contributed by atoms with E-state index in [-0.39, 0.29) is 29.6 Å². The predicted octanol–water partition coefficient (Wildman–Crippen LogP) is 2.70. The largest absolute Gasteiger partial charge is 0.461 e. The first-order chi connectivity index (χ1) is 15.2. The fourth-order valence-electron chi connectivity index (χ4n) is 3.77. The summed E-state index contributed by atoms with van der Waals surface area (Å²) in [7, 11) is -3.54. The van der Waals surface area contributed by atoms with Crippen LogP contribution in [0.25, 0.3) is 0 Å². The van der Waals surface area contributed by atoms with E-state index in [1.165, 1.54) is 4.31 Å². The van der Waals surface area contributed by atoms with Crippen molar-refractivity contribution in [2.24, 2.45) is 5.92 Å². The molecule has 0 aliphatic carbocycles. The Labute approximate surface area is 190 Å². The molecule has 1 N–H and O–H groups in total. The maximum Gasteiger partial charge on any atom is 0.355 e. The number of ether oxygens (including phenoxy) is 2. The molecular formula is C21H26N2O7S2. The number of Topliss-reactive ketones (excluding diaryl/α,β-unsaturated/α-hetero) is 1. The summed E-state index contributed by atoms with van der Waals surface area (Å²) in [6.45, 7) is 5.18. The molecule has 0 amide bonds. The van der Waals surface area contributed by atoms with E-state index in [2.05, 4.69) is 4.98 Å². The molecule has 0 aromatic carbocycles. The van der Waals surface area contributed by atoms with Crippen LogP contribution in [0.3, 0.4) is 0 Å². The van der Waals surface area contributed by atoms with Gasteiger partial charge >= 0.3 is 11.9 Å². The molecule has 174 valence electrons. The highest BCUT2D eigenvalue weighted by molar-refractivity contribution is 7.91. The summed E-state index contributed by atoms with van der Waals surface area (Å²) in [6, 6.07) is 3.24. The van der Waals surface area contributed by atoms with Crippen LogP contribution in [0.4, 0.5) is 0 Å². The molecule has 3 rings (SSSR count). The maximum absolute atomic E-state index is 12.6. The first-order valence-electron chi connectivity index (χ1n) is 10.3. The average Bonchev–Trinajstić information content (AvgIpc) is 3.41. The van der Waals surface area contributed by atoms with Crippen molar-refractivity contribution in [2.45, 2.75) is 37.8 Å². The number of H-pyrrole nitrogens is 1. The van der Waals surface area contributed by atoms with Crippen LogP contribution in [-0.2, 0) is 24.3 Å². The minimum Gasteiger partial charge on any atom is -0.461 e. The Bertz CT molecular complexity index is 1100. The lowest BCUT2D eigenvalue weighted by molar-refractivity contribution is -0.148. The third-order valence-corrected chi connectivity index (χ3v) is 8.69. The fraction of sp³-hybridized carbons (Fsp3) is 0.476. The number of aromatic amines is 1. The number of thiophene rings is 1. The molecule has 3 heterocycles. The molecule has 9 nitrogen and oxygen atoms in total. The van der Waals surface area contributed by atoms with Gasteiger partial charge < -0.3 is 14.5 Å². The van der Waals surface area contributed by atoms with Crippen LogP contribution >= 0.6 is 11.3 Å². The predicted molar refractivity (Wildman–Crippen MR) is 117 cm³/mol. The Kier molecular flexibility index (Phi) is 7.52. The molecule has 2 aromatic rings. The topological polar surface area (TPSA) is 123 Å². The first-order valence-corrected chi connectivity index (χ1v) is 12.6. The van der Waals surface area contributed by atoms with E-state index >= 15 is 0 Å². The van der Waals surface area contributed by atoms with Gasteiger partial charge in [-0.25, -0.2) is 13.2 Å². The number of rotatable bonds is 8. The highest BCUT2D eigenvalue weighted by Crippen LogP contribution is 2.27. The number of sulfonamides is 1. The van der Waals surface area contributed by atoms with Gasteiger partial charge in [0, 0.05) is 24.3 Å². The number of nitrogens with one attached hydrogen (secondary N) is 1. The normalized spacial score (nSPS) is 15.5. The van der Waals surface area contributed by atoms with Gasteiger partial charge in [0.25, 0.3) is 10.0 Å². The average molecular weight is 483 g/mol. The number of aromatic nitrogens is 1. The summed E-state index contributed by atoms with van der Waals surface area (Å²) in [5, 5.41) is 1.71. The van der Waals surface area contributed by atoms with Gasteiger partial charge in [-0.15, -0.1) is 11.3 Å². The zero-order valence-corrected chi connectivity index (χ0v) is 19.8. The Morgan fingerprint density at radius 2 is 1.88 bits per heavy atom. The van der Waals surface area contributed by atoms with Gasteiger partial charge in [-0.1, -0.05) is 6.07 Å². The summed E-state index contributed by atoms with van der Waals surface area (Å²) >= 11 is 1.16. The van der Waals surface area contributed by atoms with Gasteiger partial charge in [-0.2, -0.15) is 4.31 Å². The number of esters is 2. The van der Waals surface area contributed by atoms with Crippen LogP contribution in [0.5, 0.6) is 0 Å². The third-order valence-electron chi connectivity index (χ3n) is 5.42. The summed E-state index contributed by atoms with van der Waals surface area (Å²) < 4.78 is 37.0. The van der Waals surface area contributed by atoms with Crippen LogP contribution in [0.1, 0.15) is 51.9 Å². The number of aryl methyl sites for hydroxylation is 1. The van der Waals surface area contributed by atoms with Crippen molar-refractivity contribution in [3.8, 4) is 0 Å². The molecular weight excluding hydrogens is 456 g/mol. The number of piperidine rings is 1. The van der Waals surface area contributed by atoms with E-state index in [4.69, 9.17) is 9.47 Å². The van der Waals surface area contributed by atoms with Gasteiger partial charge in [0.2, 0.25) is 5.78 Å². The molecule has 1 saturated heterocycles. The number of carbonyl (C=O) groups excluding carboxylic acids is 3. The Morgan fingerprint density at radius 3 is 2.47 bits per heavy atom. The molecule has 1 aliphatic heterocycles. The molecule has 2 aromatic heterocycles. The van der Waals surface area contributed by atoms with Gasteiger partial charge in [0.05, 0.1) is 12.5 Å². The summed E-state index contributed by atoms with van der Waals surface area (Å²) in [5.74, 6) is -1.96. The summed E-state index contributed by atoms with van der Waals surface area (Å²) in [6.07, 6.45) is 0.652. The molecule has 0 bridgehead atoms. The van der Waals surface area contributed by atoms with Crippen LogP contribution in [0, 0.1) is 19.8 Å². The van der Waals surface area contributed by atoms with Crippen molar-refractivity contribution >= 4 is 39.1 Å². The van der Waals surface area contributed by atoms with Crippen molar-refractivity contribution < 1.29 is 32.3 Å². The molecule has 11 heteroatoms. The van der Waals surface area contributed by atoms with Crippen molar-refractivity contribution in [1.29, 1.82) is 0 Å². The minimum absolute atomic E-state index is 0.207. The van der Waals surface area contributed by atoms with Crippen molar-refractivity contribution in [1.82, 2.24) is 9.29 Å². The summed E-state index contributed by atoms with van der Waals surface area (Å²) in [5.41, 5.74) is 1.46. The minimum atomic E-state index is -3.54. The second-order valence-electron chi connectivity index (χ2n) is 7.49. The molecule has 32 heavy (non-hydrogen) atoms. The highest BCUT2D eigenvalue weighted by Gasteiger charge is 2.33. The lowest BCUT2D eigenvalue weighted by Gasteiger charge is -2.29. The molecule has 1 fully saturated rings. The monoisotopic (exact) mass is 482 g/mol. The Balaban J connectivity index is 1.56. The number of hydrogen-bond acceptors (Lipinski definition) is 8. The molecule has 0 unspecified atom stereocenters. The van der Waals surface area contributed by atoms with Crippen LogP contribution in [0.15, 0.2) is 21.7 Å². The van der Waals surface area contributed by atoms with E-state index in [9.17, 15) is 22.8 Å². The standard InChI is InChI=1S/C21H26N2O7S2/c1-4-29-21(26)19-13(2)18(14(3)22-19)16(24)12-30-20(25)15-7-9-23(10-8-15)32(27,28)17-6-5-11-31-17/h5-6,11,15,22H,4,7-10,12H2,1-3H3. The first kappa shape index (κ1) is 24.1. The zero-order valence-electron chi connectivity index (χ0n) is 18.2. The summed E-state index contributed by atoms with van der Waals surface area (Å²) in [4.78, 5) is 40.0. The lowest BCUT2D eigenvalue weighted by Crippen LogP contribution is -2.40. The SMILES string of the molecule is CCOC(=O)c1[nH]c(C)c(C(=O)COC(=O)C2CCN(S(=O)(=O)c3cccs3)CC2)c1C. The van der Waals surface area contributed by atoms with E-state index in [1.807, 2.05) is 0 Å². The van der Waals surface area contributed by atoms with Crippen molar-refractivity contribution in [2.75, 3.05) is 26.3 Å². The lowest BCUT2D eigenvalue weighted by atomic mass is 9.98. The van der Waals surface area contributed by atoms with Crippen molar-refractivity contribution in [3.63, 3.8) is 0 Å².